The summed E-state index contributed by atoms with van der Waals surface area (Å²) >= 11 is 0. The fourth-order valence-electron chi connectivity index (χ4n) is 3.22. The quantitative estimate of drug-likeness (QED) is 0.561. The molecule has 3 aromatic carbocycles. The van der Waals surface area contributed by atoms with Gasteiger partial charge in [-0.25, -0.2) is 13.1 Å². The molecule has 0 aliphatic heterocycles. The summed E-state index contributed by atoms with van der Waals surface area (Å²) in [4.78, 5) is 0.222. The SMILES string of the molecule is O=S(=O)(Nc1cccc(-c2nnnn2C2CC2)c1)c1ccc2ccccc2c1. The molecule has 0 atom stereocenters. The van der Waals surface area contributed by atoms with Crippen LogP contribution in [-0.4, -0.2) is 28.6 Å². The molecular formula is C20H17N5O2S. The van der Waals surface area contributed by atoms with Crippen LogP contribution in [0.3, 0.4) is 0 Å². The minimum atomic E-state index is -3.71. The average Bonchev–Trinajstić information content (AvgIpc) is 3.43. The highest BCUT2D eigenvalue weighted by atomic mass is 32.2. The average molecular weight is 391 g/mol. The summed E-state index contributed by atoms with van der Waals surface area (Å²) in [6.45, 7) is 0. The van der Waals surface area contributed by atoms with Gasteiger partial charge in [0.25, 0.3) is 10.0 Å². The molecule has 0 bridgehead atoms. The number of hydrogen-bond acceptors (Lipinski definition) is 5. The first kappa shape index (κ1) is 16.9. The van der Waals surface area contributed by atoms with Crippen LogP contribution in [0, 0.1) is 0 Å². The molecule has 0 amide bonds. The van der Waals surface area contributed by atoms with Crippen molar-refractivity contribution in [1.82, 2.24) is 20.2 Å². The molecular weight excluding hydrogens is 374 g/mol. The van der Waals surface area contributed by atoms with Gasteiger partial charge in [0.15, 0.2) is 5.82 Å². The molecule has 1 N–H and O–H groups in total. The Labute approximate surface area is 162 Å². The van der Waals surface area contributed by atoms with Gasteiger partial charge in [-0.1, -0.05) is 42.5 Å². The lowest BCUT2D eigenvalue weighted by molar-refractivity contribution is 0.601. The van der Waals surface area contributed by atoms with Crippen LogP contribution in [0.15, 0.2) is 71.6 Å². The van der Waals surface area contributed by atoms with Crippen LogP contribution in [0.5, 0.6) is 0 Å². The number of anilines is 1. The monoisotopic (exact) mass is 391 g/mol. The molecule has 28 heavy (non-hydrogen) atoms. The highest BCUT2D eigenvalue weighted by Crippen LogP contribution is 2.37. The third kappa shape index (κ3) is 3.11. The van der Waals surface area contributed by atoms with Gasteiger partial charge in [-0.3, -0.25) is 4.72 Å². The number of aromatic nitrogens is 4. The number of benzene rings is 3. The minimum absolute atomic E-state index is 0.222. The molecule has 140 valence electrons. The van der Waals surface area contributed by atoms with Crippen molar-refractivity contribution in [2.24, 2.45) is 0 Å². The van der Waals surface area contributed by atoms with Gasteiger partial charge in [0.1, 0.15) is 0 Å². The van der Waals surface area contributed by atoms with Crippen LogP contribution in [0.25, 0.3) is 22.2 Å². The molecule has 0 unspecified atom stereocenters. The smallest absolute Gasteiger partial charge is 0.261 e. The zero-order chi connectivity index (χ0) is 19.1. The van der Waals surface area contributed by atoms with Crippen LogP contribution in [-0.2, 0) is 10.0 Å². The third-order valence-corrected chi connectivity index (χ3v) is 6.17. The van der Waals surface area contributed by atoms with E-state index >= 15 is 0 Å². The van der Waals surface area contributed by atoms with E-state index in [1.165, 1.54) is 0 Å². The zero-order valence-electron chi connectivity index (χ0n) is 14.9. The van der Waals surface area contributed by atoms with Gasteiger partial charge in [0.2, 0.25) is 0 Å². The zero-order valence-corrected chi connectivity index (χ0v) is 15.7. The first-order chi connectivity index (χ1) is 13.6. The molecule has 1 heterocycles. The van der Waals surface area contributed by atoms with Crippen LogP contribution in [0.2, 0.25) is 0 Å². The van der Waals surface area contributed by atoms with Gasteiger partial charge in [0, 0.05) is 11.3 Å². The van der Waals surface area contributed by atoms with E-state index in [1.54, 1.807) is 35.0 Å². The number of rotatable bonds is 5. The van der Waals surface area contributed by atoms with E-state index in [9.17, 15) is 8.42 Å². The molecule has 0 spiro atoms. The number of fused-ring (bicyclic) bond motifs is 1. The van der Waals surface area contributed by atoms with E-state index in [-0.39, 0.29) is 4.90 Å². The van der Waals surface area contributed by atoms with E-state index < -0.39 is 10.0 Å². The lowest BCUT2D eigenvalue weighted by Crippen LogP contribution is -2.13. The van der Waals surface area contributed by atoms with Crippen molar-refractivity contribution < 1.29 is 8.42 Å². The molecule has 1 fully saturated rings. The van der Waals surface area contributed by atoms with E-state index in [2.05, 4.69) is 20.2 Å². The molecule has 1 aliphatic rings. The molecule has 1 aromatic heterocycles. The number of nitrogens with zero attached hydrogens (tertiary/aromatic N) is 4. The highest BCUT2D eigenvalue weighted by molar-refractivity contribution is 7.92. The molecule has 5 rings (SSSR count). The van der Waals surface area contributed by atoms with E-state index in [1.807, 2.05) is 36.4 Å². The van der Waals surface area contributed by atoms with Crippen LogP contribution in [0.1, 0.15) is 18.9 Å². The van der Waals surface area contributed by atoms with Crippen LogP contribution >= 0.6 is 0 Å². The first-order valence-electron chi connectivity index (χ1n) is 9.00. The highest BCUT2D eigenvalue weighted by Gasteiger charge is 2.28. The van der Waals surface area contributed by atoms with Gasteiger partial charge in [-0.2, -0.15) is 0 Å². The fourth-order valence-corrected chi connectivity index (χ4v) is 4.30. The topological polar surface area (TPSA) is 89.8 Å². The largest absolute Gasteiger partial charge is 0.280 e. The summed E-state index contributed by atoms with van der Waals surface area (Å²) in [5.41, 5.74) is 1.24. The standard InChI is InChI=1S/C20H17N5O2S/c26-28(27,19-11-8-14-4-1-2-5-15(14)13-19)22-17-7-3-6-16(12-17)20-21-23-24-25(20)18-9-10-18/h1-8,11-13,18,22H,9-10H2. The summed E-state index contributed by atoms with van der Waals surface area (Å²) in [6, 6.07) is 20.2. The van der Waals surface area contributed by atoms with Crippen molar-refractivity contribution >= 4 is 26.5 Å². The maximum absolute atomic E-state index is 12.9. The van der Waals surface area contributed by atoms with Gasteiger partial charge < -0.3 is 0 Å². The Morgan fingerprint density at radius 1 is 0.929 bits per heavy atom. The molecule has 0 saturated heterocycles. The lowest BCUT2D eigenvalue weighted by atomic mass is 10.1. The Hall–Kier alpha value is -3.26. The summed E-state index contributed by atoms with van der Waals surface area (Å²) in [7, 11) is -3.71. The molecule has 7 nitrogen and oxygen atoms in total. The summed E-state index contributed by atoms with van der Waals surface area (Å²) in [5.74, 6) is 0.647. The number of hydrogen-bond donors (Lipinski definition) is 1. The maximum Gasteiger partial charge on any atom is 0.261 e. The maximum atomic E-state index is 12.9. The summed E-state index contributed by atoms with van der Waals surface area (Å²) in [5, 5.41) is 13.8. The van der Waals surface area contributed by atoms with Gasteiger partial charge in [-0.05, 0) is 58.3 Å². The second-order valence-corrected chi connectivity index (χ2v) is 8.56. The van der Waals surface area contributed by atoms with Crippen LogP contribution < -0.4 is 4.72 Å². The number of nitrogens with one attached hydrogen (secondary N) is 1. The third-order valence-electron chi connectivity index (χ3n) is 4.79. The normalized spacial score (nSPS) is 14.3. The van der Waals surface area contributed by atoms with Crippen molar-refractivity contribution in [1.29, 1.82) is 0 Å². The first-order valence-corrected chi connectivity index (χ1v) is 10.5. The lowest BCUT2D eigenvalue weighted by Gasteiger charge is -2.10. The second-order valence-electron chi connectivity index (χ2n) is 6.87. The number of sulfonamides is 1. The van der Waals surface area contributed by atoms with Gasteiger partial charge >= 0.3 is 0 Å². The van der Waals surface area contributed by atoms with Crippen LogP contribution in [0.4, 0.5) is 5.69 Å². The molecule has 0 radical (unpaired) electrons. The molecule has 8 heteroatoms. The Kier molecular flexibility index (Phi) is 3.87. The van der Waals surface area contributed by atoms with Crippen molar-refractivity contribution in [2.45, 2.75) is 23.8 Å². The van der Waals surface area contributed by atoms with Crippen molar-refractivity contribution in [3.63, 3.8) is 0 Å². The summed E-state index contributed by atoms with van der Waals surface area (Å²) in [6.07, 6.45) is 2.12. The predicted octanol–water partition coefficient (Wildman–Crippen LogP) is 3.63. The van der Waals surface area contributed by atoms with Crippen molar-refractivity contribution in [3.05, 3.63) is 66.7 Å². The summed E-state index contributed by atoms with van der Waals surface area (Å²) < 4.78 is 30.2. The Morgan fingerprint density at radius 2 is 1.75 bits per heavy atom. The van der Waals surface area contributed by atoms with Crippen molar-refractivity contribution in [3.8, 4) is 11.4 Å². The molecule has 1 aliphatic carbocycles. The Bertz CT molecular complexity index is 1280. The van der Waals surface area contributed by atoms with Gasteiger partial charge in [-0.15, -0.1) is 5.10 Å². The van der Waals surface area contributed by atoms with Crippen molar-refractivity contribution in [2.75, 3.05) is 4.72 Å². The second kappa shape index (κ2) is 6.42. The fraction of sp³-hybridized carbons (Fsp3) is 0.150. The minimum Gasteiger partial charge on any atom is -0.280 e. The van der Waals surface area contributed by atoms with E-state index in [4.69, 9.17) is 0 Å². The predicted molar refractivity (Wildman–Crippen MR) is 106 cm³/mol. The molecule has 4 aromatic rings. The van der Waals surface area contributed by atoms with Gasteiger partial charge in [0.05, 0.1) is 10.9 Å². The Morgan fingerprint density at radius 3 is 2.57 bits per heavy atom. The van der Waals surface area contributed by atoms with E-state index in [0.717, 1.165) is 29.2 Å². The molecule has 1 saturated carbocycles. The van der Waals surface area contributed by atoms with E-state index in [0.29, 0.717) is 17.6 Å². The Balaban J connectivity index is 1.47. The number of tetrazole rings is 1.